The van der Waals surface area contributed by atoms with Gasteiger partial charge in [-0.3, -0.25) is 4.90 Å². The predicted molar refractivity (Wildman–Crippen MR) is 102 cm³/mol. The van der Waals surface area contributed by atoms with Gasteiger partial charge < -0.3 is 14.4 Å². The Morgan fingerprint density at radius 1 is 1.00 bits per heavy atom. The molecule has 3 aromatic rings. The van der Waals surface area contributed by atoms with Crippen LogP contribution in [0.1, 0.15) is 29.8 Å². The van der Waals surface area contributed by atoms with Gasteiger partial charge in [0.1, 0.15) is 0 Å². The van der Waals surface area contributed by atoms with Crippen molar-refractivity contribution in [3.8, 4) is 11.5 Å². The summed E-state index contributed by atoms with van der Waals surface area (Å²) in [5.74, 6) is 0.809. The lowest BCUT2D eigenvalue weighted by atomic mass is 9.99. The quantitative estimate of drug-likeness (QED) is 0.751. The highest BCUT2D eigenvalue weighted by molar-refractivity contribution is 5.45. The van der Waals surface area contributed by atoms with Gasteiger partial charge in [-0.25, -0.2) is 0 Å². The summed E-state index contributed by atoms with van der Waals surface area (Å²) in [7, 11) is 0. The van der Waals surface area contributed by atoms with Gasteiger partial charge in [0.15, 0.2) is 11.5 Å². The fourth-order valence-corrected chi connectivity index (χ4v) is 3.80. The van der Waals surface area contributed by atoms with Gasteiger partial charge in [0, 0.05) is 37.1 Å². The van der Waals surface area contributed by atoms with Crippen molar-refractivity contribution in [2.45, 2.75) is 26.1 Å². The number of ether oxygens (including phenoxy) is 1. The summed E-state index contributed by atoms with van der Waals surface area (Å²) in [6.07, 6.45) is 2.15. The highest BCUT2D eigenvalue weighted by atomic mass is 16.5. The third-order valence-electron chi connectivity index (χ3n) is 5.01. The number of phenols is 1. The first-order valence-electron chi connectivity index (χ1n) is 9.15. The first-order valence-corrected chi connectivity index (χ1v) is 9.15. The van der Waals surface area contributed by atoms with Crippen LogP contribution >= 0.6 is 0 Å². The largest absolute Gasteiger partial charge is 0.504 e. The van der Waals surface area contributed by atoms with Crippen LogP contribution in [0.25, 0.3) is 0 Å². The standard InChI is InChI=1S/C22H24N2O2/c1-2-26-20-12-6-10-18(22(20)25)16-24-15-14-23-13-7-11-19(23)21(24)17-8-4-3-5-9-17/h3-13,21,25H,2,14-16H2,1H3. The zero-order valence-corrected chi connectivity index (χ0v) is 15.0. The molecule has 0 fully saturated rings. The molecule has 2 heterocycles. The molecule has 4 rings (SSSR count). The zero-order valence-electron chi connectivity index (χ0n) is 15.0. The minimum atomic E-state index is 0.176. The second kappa shape index (κ2) is 7.26. The van der Waals surface area contributed by atoms with Crippen molar-refractivity contribution in [3.63, 3.8) is 0 Å². The fourth-order valence-electron chi connectivity index (χ4n) is 3.80. The second-order valence-corrected chi connectivity index (χ2v) is 6.61. The molecule has 4 nitrogen and oxygen atoms in total. The molecule has 0 aliphatic carbocycles. The minimum absolute atomic E-state index is 0.176. The van der Waals surface area contributed by atoms with Crippen molar-refractivity contribution in [2.24, 2.45) is 0 Å². The van der Waals surface area contributed by atoms with Crippen molar-refractivity contribution in [1.82, 2.24) is 9.47 Å². The van der Waals surface area contributed by atoms with Crippen LogP contribution in [-0.4, -0.2) is 27.7 Å². The molecular formula is C22H24N2O2. The van der Waals surface area contributed by atoms with E-state index in [1.54, 1.807) is 0 Å². The number of fused-ring (bicyclic) bond motifs is 1. The Balaban J connectivity index is 1.69. The third kappa shape index (κ3) is 3.08. The fraction of sp³-hybridized carbons (Fsp3) is 0.273. The molecule has 2 aromatic carbocycles. The van der Waals surface area contributed by atoms with E-state index in [1.807, 2.05) is 31.2 Å². The summed E-state index contributed by atoms with van der Waals surface area (Å²) in [6, 6.07) is 20.8. The molecule has 1 N–H and O–H groups in total. The average Bonchev–Trinajstić information content (AvgIpc) is 3.14. The molecule has 4 heteroatoms. The van der Waals surface area contributed by atoms with Gasteiger partial charge in [0.25, 0.3) is 0 Å². The second-order valence-electron chi connectivity index (χ2n) is 6.61. The maximum absolute atomic E-state index is 10.6. The molecule has 0 saturated heterocycles. The lowest BCUT2D eigenvalue weighted by Crippen LogP contribution is -2.37. The number of phenolic OH excluding ortho intramolecular Hbond substituents is 1. The normalized spacial score (nSPS) is 17.0. The number of para-hydroxylation sites is 1. The van der Waals surface area contributed by atoms with Gasteiger partial charge in [-0.15, -0.1) is 0 Å². The number of aromatic nitrogens is 1. The van der Waals surface area contributed by atoms with Gasteiger partial charge >= 0.3 is 0 Å². The molecule has 1 aliphatic rings. The molecule has 1 aromatic heterocycles. The molecule has 134 valence electrons. The van der Waals surface area contributed by atoms with E-state index in [9.17, 15) is 5.11 Å². The molecule has 0 bridgehead atoms. The number of hydrogen-bond donors (Lipinski definition) is 1. The molecule has 1 unspecified atom stereocenters. The van der Waals surface area contributed by atoms with E-state index < -0.39 is 0 Å². The highest BCUT2D eigenvalue weighted by Gasteiger charge is 2.29. The van der Waals surface area contributed by atoms with Crippen LogP contribution in [0.3, 0.4) is 0 Å². The predicted octanol–water partition coefficient (Wildman–Crippen LogP) is 4.20. The van der Waals surface area contributed by atoms with Crippen LogP contribution in [0.4, 0.5) is 0 Å². The van der Waals surface area contributed by atoms with Gasteiger partial charge in [0.2, 0.25) is 0 Å². The van der Waals surface area contributed by atoms with Gasteiger partial charge in [0.05, 0.1) is 12.6 Å². The Morgan fingerprint density at radius 2 is 1.85 bits per heavy atom. The average molecular weight is 348 g/mol. The number of rotatable bonds is 5. The zero-order chi connectivity index (χ0) is 17.9. The van der Waals surface area contributed by atoms with Crippen molar-refractivity contribution >= 4 is 0 Å². The van der Waals surface area contributed by atoms with E-state index in [1.165, 1.54) is 11.3 Å². The lowest BCUT2D eigenvalue weighted by molar-refractivity contribution is 0.172. The Kier molecular flexibility index (Phi) is 4.67. The van der Waals surface area contributed by atoms with Crippen LogP contribution < -0.4 is 4.74 Å². The van der Waals surface area contributed by atoms with E-state index in [0.29, 0.717) is 18.9 Å². The van der Waals surface area contributed by atoms with E-state index >= 15 is 0 Å². The van der Waals surface area contributed by atoms with Gasteiger partial charge in [-0.05, 0) is 30.7 Å². The summed E-state index contributed by atoms with van der Waals surface area (Å²) >= 11 is 0. The van der Waals surface area contributed by atoms with Gasteiger partial charge in [-0.1, -0.05) is 42.5 Å². The molecule has 26 heavy (non-hydrogen) atoms. The highest BCUT2D eigenvalue weighted by Crippen LogP contribution is 2.36. The lowest BCUT2D eigenvalue weighted by Gasteiger charge is -2.37. The number of nitrogens with zero attached hydrogens (tertiary/aromatic N) is 2. The van der Waals surface area contributed by atoms with Crippen molar-refractivity contribution in [2.75, 3.05) is 13.2 Å². The molecule has 0 amide bonds. The summed E-state index contributed by atoms with van der Waals surface area (Å²) < 4.78 is 7.87. The first-order chi connectivity index (χ1) is 12.8. The number of hydrogen-bond acceptors (Lipinski definition) is 3. The molecule has 0 radical (unpaired) electrons. The van der Waals surface area contributed by atoms with Crippen molar-refractivity contribution in [3.05, 3.63) is 83.7 Å². The number of aromatic hydroxyl groups is 1. The topological polar surface area (TPSA) is 37.6 Å². The van der Waals surface area contributed by atoms with Crippen LogP contribution in [0.15, 0.2) is 66.9 Å². The van der Waals surface area contributed by atoms with E-state index in [-0.39, 0.29) is 11.8 Å². The summed E-state index contributed by atoms with van der Waals surface area (Å²) in [4.78, 5) is 2.43. The SMILES string of the molecule is CCOc1cccc(CN2CCn3cccc3C2c2ccccc2)c1O. The Hall–Kier alpha value is -2.72. The van der Waals surface area contributed by atoms with E-state index in [4.69, 9.17) is 4.74 Å². The summed E-state index contributed by atoms with van der Waals surface area (Å²) in [6.45, 7) is 5.03. The van der Waals surface area contributed by atoms with Crippen LogP contribution in [0, 0.1) is 0 Å². The summed E-state index contributed by atoms with van der Waals surface area (Å²) in [5, 5.41) is 10.6. The Bertz CT molecular complexity index is 873. The van der Waals surface area contributed by atoms with E-state index in [2.05, 4.69) is 52.1 Å². The summed E-state index contributed by atoms with van der Waals surface area (Å²) in [5.41, 5.74) is 3.47. The monoisotopic (exact) mass is 348 g/mol. The van der Waals surface area contributed by atoms with Crippen LogP contribution in [-0.2, 0) is 13.1 Å². The van der Waals surface area contributed by atoms with Crippen molar-refractivity contribution in [1.29, 1.82) is 0 Å². The molecule has 1 atom stereocenters. The van der Waals surface area contributed by atoms with Crippen LogP contribution in [0.5, 0.6) is 11.5 Å². The maximum Gasteiger partial charge on any atom is 0.162 e. The number of benzene rings is 2. The van der Waals surface area contributed by atoms with E-state index in [0.717, 1.165) is 18.7 Å². The van der Waals surface area contributed by atoms with Crippen molar-refractivity contribution < 1.29 is 9.84 Å². The first kappa shape index (κ1) is 16.7. The van der Waals surface area contributed by atoms with Crippen LogP contribution in [0.2, 0.25) is 0 Å². The smallest absolute Gasteiger partial charge is 0.162 e. The molecule has 0 spiro atoms. The minimum Gasteiger partial charge on any atom is -0.504 e. The third-order valence-corrected chi connectivity index (χ3v) is 5.01. The molecular weight excluding hydrogens is 324 g/mol. The maximum atomic E-state index is 10.6. The van der Waals surface area contributed by atoms with Gasteiger partial charge in [-0.2, -0.15) is 0 Å². The molecule has 1 aliphatic heterocycles. The Morgan fingerprint density at radius 3 is 2.65 bits per heavy atom. The Labute approximate surface area is 154 Å². The molecule has 0 saturated carbocycles.